The number of amides is 1. The predicted molar refractivity (Wildman–Crippen MR) is 104 cm³/mol. The number of aliphatic imine (C=N–C) groups is 1. The first kappa shape index (κ1) is 20.3. The maximum absolute atomic E-state index is 12.9. The lowest BCUT2D eigenvalue weighted by Crippen LogP contribution is -2.55. The molecule has 0 unspecified atom stereocenters. The normalized spacial score (nSPS) is 22.2. The SMILES string of the molecule is C=CC[C@@]1(C(=O)NN2CCOCC2)COC(c2ccc(OCCCO)cc2)=N1. The summed E-state index contributed by atoms with van der Waals surface area (Å²) in [5.41, 5.74) is 2.69. The zero-order valence-electron chi connectivity index (χ0n) is 15.9. The Morgan fingerprint density at radius 3 is 2.79 bits per heavy atom. The molecule has 1 amide bonds. The van der Waals surface area contributed by atoms with Crippen molar-refractivity contribution < 1.29 is 24.1 Å². The number of nitrogens with one attached hydrogen (secondary N) is 1. The Hall–Kier alpha value is -2.42. The summed E-state index contributed by atoms with van der Waals surface area (Å²) in [7, 11) is 0. The second kappa shape index (κ2) is 9.68. The molecule has 1 atom stereocenters. The molecule has 152 valence electrons. The number of carbonyl (C=O) groups excluding carboxylic acids is 1. The van der Waals surface area contributed by atoms with Crippen molar-refractivity contribution in [2.45, 2.75) is 18.4 Å². The van der Waals surface area contributed by atoms with Crippen LogP contribution in [0.3, 0.4) is 0 Å². The summed E-state index contributed by atoms with van der Waals surface area (Å²) in [4.78, 5) is 17.6. The van der Waals surface area contributed by atoms with Gasteiger partial charge in [0.2, 0.25) is 5.90 Å². The van der Waals surface area contributed by atoms with Gasteiger partial charge >= 0.3 is 0 Å². The molecule has 1 saturated heterocycles. The Morgan fingerprint density at radius 2 is 2.11 bits per heavy atom. The van der Waals surface area contributed by atoms with Gasteiger partial charge in [-0.2, -0.15) is 0 Å². The van der Waals surface area contributed by atoms with Crippen molar-refractivity contribution in [2.75, 3.05) is 46.1 Å². The Kier molecular flexibility index (Phi) is 7.02. The molecule has 28 heavy (non-hydrogen) atoms. The van der Waals surface area contributed by atoms with Gasteiger partial charge in [0, 0.05) is 38.1 Å². The first-order chi connectivity index (χ1) is 13.7. The maximum Gasteiger partial charge on any atom is 0.266 e. The lowest BCUT2D eigenvalue weighted by atomic mass is 9.96. The molecule has 2 heterocycles. The van der Waals surface area contributed by atoms with Gasteiger partial charge in [0.1, 0.15) is 12.4 Å². The van der Waals surface area contributed by atoms with Crippen molar-refractivity contribution in [3.05, 3.63) is 42.5 Å². The Labute approximate surface area is 164 Å². The third-order valence-electron chi connectivity index (χ3n) is 4.61. The molecule has 0 bridgehead atoms. The fourth-order valence-corrected chi connectivity index (χ4v) is 3.02. The van der Waals surface area contributed by atoms with Crippen LogP contribution < -0.4 is 10.2 Å². The molecule has 1 aromatic rings. The Bertz CT molecular complexity index is 700. The zero-order chi connectivity index (χ0) is 19.8. The van der Waals surface area contributed by atoms with Crippen molar-refractivity contribution >= 4 is 11.8 Å². The minimum Gasteiger partial charge on any atom is -0.494 e. The minimum atomic E-state index is -1.02. The lowest BCUT2D eigenvalue weighted by molar-refractivity contribution is -0.133. The van der Waals surface area contributed by atoms with Crippen LogP contribution in [0.4, 0.5) is 0 Å². The number of hydrogen-bond acceptors (Lipinski definition) is 7. The van der Waals surface area contributed by atoms with Gasteiger partial charge < -0.3 is 19.3 Å². The second-order valence-corrected chi connectivity index (χ2v) is 6.72. The number of rotatable bonds is 9. The molecule has 1 fully saturated rings. The quantitative estimate of drug-likeness (QED) is 0.482. The molecule has 0 radical (unpaired) electrons. The number of morpholine rings is 1. The number of hydrazine groups is 1. The molecule has 1 aromatic carbocycles. The topological polar surface area (TPSA) is 92.6 Å². The molecule has 8 heteroatoms. The molecule has 2 aliphatic rings. The number of aliphatic hydroxyl groups excluding tert-OH is 1. The smallest absolute Gasteiger partial charge is 0.266 e. The standard InChI is InChI=1S/C20H27N3O5/c1-2-8-20(19(25)22-23-9-13-26-14-10-23)15-28-18(21-20)16-4-6-17(7-5-16)27-12-3-11-24/h2,4-7,24H,1,3,8-15H2,(H,22,25)/t20-/m0/s1. The van der Waals surface area contributed by atoms with Gasteiger partial charge in [-0.05, 0) is 24.3 Å². The summed E-state index contributed by atoms with van der Waals surface area (Å²) < 4.78 is 16.6. The molecule has 8 nitrogen and oxygen atoms in total. The number of hydrogen-bond donors (Lipinski definition) is 2. The highest BCUT2D eigenvalue weighted by Gasteiger charge is 2.44. The first-order valence-electron chi connectivity index (χ1n) is 9.48. The minimum absolute atomic E-state index is 0.0978. The van der Waals surface area contributed by atoms with Crippen LogP contribution in [0, 0.1) is 0 Å². The first-order valence-corrected chi connectivity index (χ1v) is 9.48. The van der Waals surface area contributed by atoms with Crippen LogP contribution in [0.5, 0.6) is 5.75 Å². The fraction of sp³-hybridized carbons (Fsp3) is 0.500. The molecule has 0 spiro atoms. The lowest BCUT2D eigenvalue weighted by Gasteiger charge is -2.30. The highest BCUT2D eigenvalue weighted by Crippen LogP contribution is 2.27. The van der Waals surface area contributed by atoms with E-state index in [0.717, 1.165) is 5.56 Å². The van der Waals surface area contributed by atoms with Crippen molar-refractivity contribution in [3.63, 3.8) is 0 Å². The molecule has 2 aliphatic heterocycles. The molecule has 2 N–H and O–H groups in total. The van der Waals surface area contributed by atoms with Gasteiger partial charge in [0.25, 0.3) is 5.91 Å². The maximum atomic E-state index is 12.9. The van der Waals surface area contributed by atoms with Crippen LogP contribution >= 0.6 is 0 Å². The molecular weight excluding hydrogens is 362 g/mol. The number of aliphatic hydroxyl groups is 1. The number of benzene rings is 1. The number of carbonyl (C=O) groups is 1. The molecule has 0 aromatic heterocycles. The fourth-order valence-electron chi connectivity index (χ4n) is 3.02. The van der Waals surface area contributed by atoms with E-state index in [2.05, 4.69) is 17.0 Å². The van der Waals surface area contributed by atoms with Gasteiger partial charge in [-0.1, -0.05) is 6.08 Å². The van der Waals surface area contributed by atoms with Crippen LogP contribution in [0.25, 0.3) is 0 Å². The van der Waals surface area contributed by atoms with E-state index >= 15 is 0 Å². The van der Waals surface area contributed by atoms with E-state index in [4.69, 9.17) is 19.3 Å². The van der Waals surface area contributed by atoms with Crippen LogP contribution in [0.2, 0.25) is 0 Å². The summed E-state index contributed by atoms with van der Waals surface area (Å²) >= 11 is 0. The van der Waals surface area contributed by atoms with E-state index in [1.54, 1.807) is 6.08 Å². The van der Waals surface area contributed by atoms with Gasteiger partial charge in [0.15, 0.2) is 5.54 Å². The third kappa shape index (κ3) is 4.89. The molecule has 0 saturated carbocycles. The largest absolute Gasteiger partial charge is 0.494 e. The van der Waals surface area contributed by atoms with Gasteiger partial charge in [-0.3, -0.25) is 10.2 Å². The van der Waals surface area contributed by atoms with E-state index in [9.17, 15) is 4.79 Å². The summed E-state index contributed by atoms with van der Waals surface area (Å²) in [6.07, 6.45) is 2.65. The van der Waals surface area contributed by atoms with E-state index in [-0.39, 0.29) is 19.1 Å². The van der Waals surface area contributed by atoms with Crippen molar-refractivity contribution in [2.24, 2.45) is 4.99 Å². The van der Waals surface area contributed by atoms with Gasteiger partial charge in [-0.25, -0.2) is 10.0 Å². The van der Waals surface area contributed by atoms with Crippen LogP contribution in [-0.2, 0) is 14.3 Å². The zero-order valence-corrected chi connectivity index (χ0v) is 15.9. The van der Waals surface area contributed by atoms with Crippen molar-refractivity contribution in [3.8, 4) is 5.75 Å². The van der Waals surface area contributed by atoms with E-state index < -0.39 is 5.54 Å². The van der Waals surface area contributed by atoms with Crippen molar-refractivity contribution in [1.29, 1.82) is 0 Å². The molecule has 3 rings (SSSR count). The highest BCUT2D eigenvalue weighted by molar-refractivity contribution is 6.00. The Balaban J connectivity index is 1.70. The Morgan fingerprint density at radius 1 is 1.36 bits per heavy atom. The third-order valence-corrected chi connectivity index (χ3v) is 4.61. The monoisotopic (exact) mass is 389 g/mol. The highest BCUT2D eigenvalue weighted by atomic mass is 16.5. The van der Waals surface area contributed by atoms with Crippen LogP contribution in [0.1, 0.15) is 18.4 Å². The summed E-state index contributed by atoms with van der Waals surface area (Å²) in [6, 6.07) is 7.33. The molecular formula is C20H27N3O5. The average Bonchev–Trinajstić information content (AvgIpc) is 3.15. The van der Waals surface area contributed by atoms with Crippen molar-refractivity contribution in [1.82, 2.24) is 10.4 Å². The van der Waals surface area contributed by atoms with Gasteiger partial charge in [0.05, 0.1) is 19.8 Å². The van der Waals surface area contributed by atoms with Crippen LogP contribution in [-0.4, -0.2) is 73.6 Å². The van der Waals surface area contributed by atoms with E-state index in [0.29, 0.717) is 57.4 Å². The van der Waals surface area contributed by atoms with E-state index in [1.807, 2.05) is 29.3 Å². The molecule has 0 aliphatic carbocycles. The second-order valence-electron chi connectivity index (χ2n) is 6.72. The number of nitrogens with zero attached hydrogens (tertiary/aromatic N) is 2. The van der Waals surface area contributed by atoms with Gasteiger partial charge in [-0.15, -0.1) is 6.58 Å². The van der Waals surface area contributed by atoms with E-state index in [1.165, 1.54) is 0 Å². The average molecular weight is 389 g/mol. The predicted octanol–water partition coefficient (Wildman–Crippen LogP) is 0.903. The summed E-state index contributed by atoms with van der Waals surface area (Å²) in [5, 5.41) is 10.7. The van der Waals surface area contributed by atoms with Crippen LogP contribution in [0.15, 0.2) is 41.9 Å². The summed E-state index contributed by atoms with van der Waals surface area (Å²) in [5.74, 6) is 0.937. The number of ether oxygens (including phenoxy) is 3. The summed E-state index contributed by atoms with van der Waals surface area (Å²) in [6.45, 7) is 6.96.